The number of nitrogens with zero attached hydrogens (tertiary/aromatic N) is 3. The average molecular weight is 221 g/mol. The number of methoxy groups -OCH3 is 1. The summed E-state index contributed by atoms with van der Waals surface area (Å²) >= 11 is 0. The van der Waals surface area contributed by atoms with Crippen LogP contribution in [0.4, 0.5) is 5.82 Å². The fourth-order valence-corrected chi connectivity index (χ4v) is 2.32. The van der Waals surface area contributed by atoms with Gasteiger partial charge in [-0.3, -0.25) is 0 Å². The smallest absolute Gasteiger partial charge is 0.318 e. The van der Waals surface area contributed by atoms with Gasteiger partial charge in [-0.25, -0.2) is 4.98 Å². The van der Waals surface area contributed by atoms with E-state index in [-0.39, 0.29) is 0 Å². The van der Waals surface area contributed by atoms with E-state index in [2.05, 4.69) is 14.9 Å². The molecule has 0 spiro atoms. The Morgan fingerprint density at radius 1 is 1.38 bits per heavy atom. The second-order valence-electron chi connectivity index (χ2n) is 4.38. The van der Waals surface area contributed by atoms with Gasteiger partial charge in [0, 0.05) is 31.3 Å². The van der Waals surface area contributed by atoms with E-state index in [9.17, 15) is 0 Å². The second-order valence-corrected chi connectivity index (χ2v) is 4.38. The number of rotatable bonds is 2. The van der Waals surface area contributed by atoms with Crippen LogP contribution in [0.15, 0.2) is 6.07 Å². The molecule has 3 aliphatic rings. The van der Waals surface area contributed by atoms with Crippen LogP contribution in [0.2, 0.25) is 0 Å². The molecule has 3 saturated heterocycles. The van der Waals surface area contributed by atoms with Crippen LogP contribution in [-0.4, -0.2) is 42.4 Å². The lowest BCUT2D eigenvalue weighted by molar-refractivity contribution is -0.133. The van der Waals surface area contributed by atoms with Gasteiger partial charge in [0.1, 0.15) is 5.82 Å². The summed E-state index contributed by atoms with van der Waals surface area (Å²) in [5.41, 5.74) is 0.932. The van der Waals surface area contributed by atoms with Gasteiger partial charge >= 0.3 is 6.01 Å². The lowest BCUT2D eigenvalue weighted by Crippen LogP contribution is -2.57. The molecule has 3 aliphatic heterocycles. The molecule has 4 heterocycles. The molecule has 16 heavy (non-hydrogen) atoms. The van der Waals surface area contributed by atoms with Crippen LogP contribution in [0.3, 0.4) is 0 Å². The lowest BCUT2D eigenvalue weighted by atomic mass is 9.99. The Hall–Kier alpha value is -1.36. The minimum Gasteiger partial charge on any atom is -0.467 e. The van der Waals surface area contributed by atoms with Crippen molar-refractivity contribution in [2.75, 3.05) is 25.1 Å². The third kappa shape index (κ3) is 1.61. The zero-order chi connectivity index (χ0) is 11.1. The molecule has 0 saturated carbocycles. The Morgan fingerprint density at radius 2 is 2.06 bits per heavy atom. The summed E-state index contributed by atoms with van der Waals surface area (Å²) in [7, 11) is 1.59. The molecule has 3 fully saturated rings. The fraction of sp³-hybridized carbons (Fsp3) is 0.636. The van der Waals surface area contributed by atoms with E-state index in [1.165, 1.54) is 6.42 Å². The molecular formula is C11H15N3O2. The molecule has 2 bridgehead atoms. The molecule has 0 N–H and O–H groups in total. The van der Waals surface area contributed by atoms with Crippen LogP contribution < -0.4 is 9.64 Å². The molecule has 86 valence electrons. The van der Waals surface area contributed by atoms with Gasteiger partial charge in [0.05, 0.1) is 19.3 Å². The first-order chi connectivity index (χ1) is 7.74. The molecule has 5 heteroatoms. The number of hydrogen-bond donors (Lipinski definition) is 0. The predicted molar refractivity (Wildman–Crippen MR) is 58.8 cm³/mol. The molecule has 2 atom stereocenters. The van der Waals surface area contributed by atoms with Crippen molar-refractivity contribution >= 4 is 5.82 Å². The Bertz CT molecular complexity index is 394. The first-order valence-electron chi connectivity index (χ1n) is 5.54. The molecule has 1 aromatic rings. The van der Waals surface area contributed by atoms with E-state index >= 15 is 0 Å². The van der Waals surface area contributed by atoms with Crippen molar-refractivity contribution in [2.24, 2.45) is 0 Å². The number of piperidine rings is 1. The van der Waals surface area contributed by atoms with E-state index < -0.39 is 0 Å². The molecule has 5 nitrogen and oxygen atoms in total. The molecule has 0 aliphatic carbocycles. The van der Waals surface area contributed by atoms with Crippen molar-refractivity contribution in [1.29, 1.82) is 0 Å². The van der Waals surface area contributed by atoms with Crippen molar-refractivity contribution in [3.8, 4) is 6.01 Å². The number of anilines is 1. The van der Waals surface area contributed by atoms with Gasteiger partial charge < -0.3 is 14.4 Å². The standard InChI is InChI=1S/C11H15N3O2/c1-7-3-10(13-11(12-7)15-2)14-5-8-4-9(6-14)16-8/h3,8-9H,4-6H2,1-2H3. The highest BCUT2D eigenvalue weighted by Gasteiger charge is 2.38. The molecule has 4 rings (SSSR count). The van der Waals surface area contributed by atoms with Crippen molar-refractivity contribution < 1.29 is 9.47 Å². The highest BCUT2D eigenvalue weighted by molar-refractivity contribution is 5.42. The van der Waals surface area contributed by atoms with Crippen molar-refractivity contribution in [1.82, 2.24) is 9.97 Å². The van der Waals surface area contributed by atoms with Gasteiger partial charge in [0.2, 0.25) is 0 Å². The Kier molecular flexibility index (Phi) is 2.21. The molecule has 2 unspecified atom stereocenters. The Morgan fingerprint density at radius 3 is 2.69 bits per heavy atom. The number of aryl methyl sites for hydroxylation is 1. The summed E-state index contributed by atoms with van der Waals surface area (Å²) < 4.78 is 10.7. The van der Waals surface area contributed by atoms with Crippen molar-refractivity contribution in [2.45, 2.75) is 25.6 Å². The summed E-state index contributed by atoms with van der Waals surface area (Å²) in [4.78, 5) is 10.8. The maximum atomic E-state index is 5.60. The number of ether oxygens (including phenoxy) is 2. The van der Waals surface area contributed by atoms with E-state index in [4.69, 9.17) is 9.47 Å². The van der Waals surface area contributed by atoms with E-state index in [0.717, 1.165) is 24.6 Å². The monoisotopic (exact) mass is 221 g/mol. The molecule has 0 amide bonds. The van der Waals surface area contributed by atoms with Crippen LogP contribution in [0.5, 0.6) is 6.01 Å². The van der Waals surface area contributed by atoms with E-state index in [1.807, 2.05) is 13.0 Å². The average Bonchev–Trinajstić information content (AvgIpc) is 2.27. The van der Waals surface area contributed by atoms with Gasteiger partial charge in [-0.1, -0.05) is 0 Å². The Labute approximate surface area is 94.4 Å². The SMILES string of the molecule is COc1nc(C)cc(N2CC3CC(C2)O3)n1. The number of aromatic nitrogens is 2. The first kappa shape index (κ1) is 9.84. The summed E-state index contributed by atoms with van der Waals surface area (Å²) in [6, 6.07) is 2.43. The number of fused-ring (bicyclic) bond motifs is 2. The highest BCUT2D eigenvalue weighted by atomic mass is 16.5. The van der Waals surface area contributed by atoms with Crippen LogP contribution in [0.25, 0.3) is 0 Å². The first-order valence-corrected chi connectivity index (χ1v) is 5.54. The van der Waals surface area contributed by atoms with Crippen molar-refractivity contribution in [3.05, 3.63) is 11.8 Å². The van der Waals surface area contributed by atoms with E-state index in [1.54, 1.807) is 7.11 Å². The van der Waals surface area contributed by atoms with Crippen LogP contribution in [0, 0.1) is 6.92 Å². The quantitative estimate of drug-likeness (QED) is 0.738. The zero-order valence-corrected chi connectivity index (χ0v) is 9.51. The van der Waals surface area contributed by atoms with Crippen LogP contribution in [-0.2, 0) is 4.74 Å². The Balaban J connectivity index is 1.85. The van der Waals surface area contributed by atoms with Crippen LogP contribution in [0.1, 0.15) is 12.1 Å². The van der Waals surface area contributed by atoms with Gasteiger partial charge in [-0.2, -0.15) is 4.98 Å². The fourth-order valence-electron chi connectivity index (χ4n) is 2.32. The van der Waals surface area contributed by atoms with Crippen molar-refractivity contribution in [3.63, 3.8) is 0 Å². The van der Waals surface area contributed by atoms with Gasteiger partial charge in [-0.05, 0) is 6.92 Å². The third-order valence-electron chi connectivity index (χ3n) is 3.09. The lowest BCUT2D eigenvalue weighted by Gasteiger charge is -2.47. The predicted octanol–water partition coefficient (Wildman–Crippen LogP) is 0.771. The maximum absolute atomic E-state index is 5.60. The minimum absolute atomic E-state index is 0.389. The largest absolute Gasteiger partial charge is 0.467 e. The molecule has 0 radical (unpaired) electrons. The summed E-state index contributed by atoms with van der Waals surface area (Å²) in [5.74, 6) is 0.947. The molecule has 1 aromatic heterocycles. The van der Waals surface area contributed by atoms with Gasteiger partial charge in [-0.15, -0.1) is 0 Å². The highest BCUT2D eigenvalue weighted by Crippen LogP contribution is 2.30. The van der Waals surface area contributed by atoms with Gasteiger partial charge in [0.25, 0.3) is 0 Å². The van der Waals surface area contributed by atoms with Crippen LogP contribution >= 0.6 is 0 Å². The molecular weight excluding hydrogens is 206 g/mol. The molecule has 0 aromatic carbocycles. The number of morpholine rings is 1. The zero-order valence-electron chi connectivity index (χ0n) is 9.51. The normalized spacial score (nSPS) is 27.5. The van der Waals surface area contributed by atoms with Gasteiger partial charge in [0.15, 0.2) is 0 Å². The minimum atomic E-state index is 0.389. The second kappa shape index (κ2) is 3.59. The summed E-state index contributed by atoms with van der Waals surface area (Å²) in [6.07, 6.45) is 1.97. The summed E-state index contributed by atoms with van der Waals surface area (Å²) in [5, 5.41) is 0. The third-order valence-corrected chi connectivity index (χ3v) is 3.09. The number of hydrogen-bond acceptors (Lipinski definition) is 5. The summed E-state index contributed by atoms with van der Waals surface area (Å²) in [6.45, 7) is 3.81. The maximum Gasteiger partial charge on any atom is 0.318 e. The van der Waals surface area contributed by atoms with E-state index in [0.29, 0.717) is 18.2 Å². The topological polar surface area (TPSA) is 47.5 Å².